The maximum atomic E-state index is 5.50. The summed E-state index contributed by atoms with van der Waals surface area (Å²) in [6, 6.07) is 8.43. The van der Waals surface area contributed by atoms with Crippen molar-refractivity contribution >= 4 is 10.8 Å². The molecule has 17 heavy (non-hydrogen) atoms. The lowest BCUT2D eigenvalue weighted by Crippen LogP contribution is -2.32. The Labute approximate surface area is 103 Å². The van der Waals surface area contributed by atoms with Crippen LogP contribution in [-0.2, 0) is 6.54 Å². The fraction of sp³-hybridized carbons (Fsp3) is 0.400. The van der Waals surface area contributed by atoms with Gasteiger partial charge in [-0.15, -0.1) is 0 Å². The fourth-order valence-electron chi connectivity index (χ4n) is 1.95. The van der Waals surface area contributed by atoms with Gasteiger partial charge in [0.1, 0.15) is 12.3 Å². The van der Waals surface area contributed by atoms with Crippen molar-refractivity contribution < 1.29 is 9.30 Å². The van der Waals surface area contributed by atoms with Crippen LogP contribution in [0.5, 0.6) is 5.75 Å². The number of hydrogen-bond acceptors (Lipinski definition) is 1. The van der Waals surface area contributed by atoms with Gasteiger partial charge < -0.3 is 4.74 Å². The molecule has 2 nitrogen and oxygen atoms in total. The van der Waals surface area contributed by atoms with Gasteiger partial charge in [-0.3, -0.25) is 0 Å². The SMILES string of the molecule is CCCC[n+]1ccc2cc(OCC)ccc2c1. The number of ether oxygens (including phenoxy) is 1. The van der Waals surface area contributed by atoms with Crippen molar-refractivity contribution in [3.05, 3.63) is 36.7 Å². The lowest BCUT2D eigenvalue weighted by Gasteiger charge is -2.04. The Morgan fingerprint density at radius 2 is 2.00 bits per heavy atom. The van der Waals surface area contributed by atoms with Gasteiger partial charge in [-0.05, 0) is 30.5 Å². The average molecular weight is 230 g/mol. The first-order valence-corrected chi connectivity index (χ1v) is 6.39. The van der Waals surface area contributed by atoms with Gasteiger partial charge in [0.2, 0.25) is 0 Å². The minimum atomic E-state index is 0.717. The first kappa shape index (κ1) is 11.9. The summed E-state index contributed by atoms with van der Waals surface area (Å²) in [4.78, 5) is 0. The van der Waals surface area contributed by atoms with Crippen molar-refractivity contribution in [1.82, 2.24) is 0 Å². The topological polar surface area (TPSA) is 13.1 Å². The molecular formula is C15H20NO+. The monoisotopic (exact) mass is 230 g/mol. The number of nitrogens with zero attached hydrogens (tertiary/aromatic N) is 1. The van der Waals surface area contributed by atoms with E-state index in [-0.39, 0.29) is 0 Å². The van der Waals surface area contributed by atoms with E-state index in [2.05, 4.69) is 42.1 Å². The summed E-state index contributed by atoms with van der Waals surface area (Å²) >= 11 is 0. The molecule has 0 radical (unpaired) electrons. The number of hydrogen-bond donors (Lipinski definition) is 0. The molecule has 0 fully saturated rings. The number of unbranched alkanes of at least 4 members (excludes halogenated alkanes) is 1. The summed E-state index contributed by atoms with van der Waals surface area (Å²) in [5.74, 6) is 0.950. The Bertz CT molecular complexity index is 493. The Morgan fingerprint density at radius 1 is 1.12 bits per heavy atom. The molecule has 2 heteroatoms. The summed E-state index contributed by atoms with van der Waals surface area (Å²) in [5.41, 5.74) is 0. The molecule has 1 aromatic heterocycles. The van der Waals surface area contributed by atoms with E-state index in [1.54, 1.807) is 0 Å². The van der Waals surface area contributed by atoms with Crippen molar-refractivity contribution in [2.24, 2.45) is 0 Å². The molecule has 1 aromatic carbocycles. The Kier molecular flexibility index (Phi) is 3.97. The van der Waals surface area contributed by atoms with Gasteiger partial charge >= 0.3 is 0 Å². The Hall–Kier alpha value is -1.57. The molecule has 0 bridgehead atoms. The summed E-state index contributed by atoms with van der Waals surface area (Å²) in [5, 5.41) is 2.51. The molecule has 90 valence electrons. The largest absolute Gasteiger partial charge is 0.494 e. The number of benzene rings is 1. The summed E-state index contributed by atoms with van der Waals surface area (Å²) < 4.78 is 7.76. The highest BCUT2D eigenvalue weighted by Crippen LogP contribution is 2.19. The van der Waals surface area contributed by atoms with Crippen molar-refractivity contribution in [3.63, 3.8) is 0 Å². The van der Waals surface area contributed by atoms with Crippen LogP contribution in [0.1, 0.15) is 26.7 Å². The maximum absolute atomic E-state index is 5.50. The van der Waals surface area contributed by atoms with Crippen molar-refractivity contribution in [2.75, 3.05) is 6.61 Å². The number of fused-ring (bicyclic) bond motifs is 1. The molecule has 0 atom stereocenters. The van der Waals surface area contributed by atoms with Crippen LogP contribution in [0.4, 0.5) is 0 Å². The van der Waals surface area contributed by atoms with Crippen LogP contribution in [0.3, 0.4) is 0 Å². The second-order valence-electron chi connectivity index (χ2n) is 4.26. The molecule has 1 heterocycles. The zero-order valence-electron chi connectivity index (χ0n) is 10.6. The zero-order chi connectivity index (χ0) is 12.1. The first-order chi connectivity index (χ1) is 8.33. The second-order valence-corrected chi connectivity index (χ2v) is 4.26. The highest BCUT2D eigenvalue weighted by molar-refractivity contribution is 5.82. The highest BCUT2D eigenvalue weighted by atomic mass is 16.5. The number of pyridine rings is 1. The molecule has 0 spiro atoms. The molecule has 2 aromatic rings. The quantitative estimate of drug-likeness (QED) is 0.718. The molecule has 0 unspecified atom stereocenters. The zero-order valence-corrected chi connectivity index (χ0v) is 10.6. The van der Waals surface area contributed by atoms with Gasteiger partial charge in [0, 0.05) is 17.9 Å². The van der Waals surface area contributed by atoms with Crippen LogP contribution >= 0.6 is 0 Å². The van der Waals surface area contributed by atoms with Crippen LogP contribution in [-0.4, -0.2) is 6.61 Å². The van der Waals surface area contributed by atoms with E-state index in [1.165, 1.54) is 23.6 Å². The van der Waals surface area contributed by atoms with Crippen LogP contribution < -0.4 is 9.30 Å². The van der Waals surface area contributed by atoms with E-state index in [9.17, 15) is 0 Å². The van der Waals surface area contributed by atoms with E-state index < -0.39 is 0 Å². The Morgan fingerprint density at radius 3 is 2.76 bits per heavy atom. The van der Waals surface area contributed by atoms with E-state index in [1.807, 2.05) is 13.0 Å². The smallest absolute Gasteiger partial charge is 0.176 e. The predicted octanol–water partition coefficient (Wildman–Crippen LogP) is 3.33. The summed E-state index contributed by atoms with van der Waals surface area (Å²) in [7, 11) is 0. The van der Waals surface area contributed by atoms with Gasteiger partial charge in [-0.2, -0.15) is 0 Å². The maximum Gasteiger partial charge on any atom is 0.176 e. The molecule has 0 aliphatic rings. The van der Waals surface area contributed by atoms with Gasteiger partial charge in [0.15, 0.2) is 12.4 Å². The molecule has 0 saturated heterocycles. The van der Waals surface area contributed by atoms with Crippen LogP contribution in [0.15, 0.2) is 36.7 Å². The summed E-state index contributed by atoms with van der Waals surface area (Å²) in [6.07, 6.45) is 6.82. The fourth-order valence-corrected chi connectivity index (χ4v) is 1.95. The van der Waals surface area contributed by atoms with Gasteiger partial charge in [-0.1, -0.05) is 13.3 Å². The van der Waals surface area contributed by atoms with E-state index in [0.717, 1.165) is 18.9 Å². The third-order valence-corrected chi connectivity index (χ3v) is 2.89. The minimum absolute atomic E-state index is 0.717. The van der Waals surface area contributed by atoms with Crippen LogP contribution in [0.25, 0.3) is 10.8 Å². The predicted molar refractivity (Wildman–Crippen MR) is 70.2 cm³/mol. The normalized spacial score (nSPS) is 10.7. The number of rotatable bonds is 5. The van der Waals surface area contributed by atoms with E-state index in [0.29, 0.717) is 0 Å². The number of aromatic nitrogens is 1. The average Bonchev–Trinajstić information content (AvgIpc) is 2.36. The third-order valence-electron chi connectivity index (χ3n) is 2.89. The van der Waals surface area contributed by atoms with Gasteiger partial charge in [0.05, 0.1) is 6.61 Å². The number of aryl methyl sites for hydroxylation is 1. The summed E-state index contributed by atoms with van der Waals surface area (Å²) in [6.45, 7) is 6.04. The van der Waals surface area contributed by atoms with Gasteiger partial charge in [0.25, 0.3) is 0 Å². The molecule has 2 rings (SSSR count). The van der Waals surface area contributed by atoms with E-state index in [4.69, 9.17) is 4.74 Å². The molecule has 0 saturated carbocycles. The van der Waals surface area contributed by atoms with Crippen molar-refractivity contribution in [1.29, 1.82) is 0 Å². The molecular weight excluding hydrogens is 210 g/mol. The highest BCUT2D eigenvalue weighted by Gasteiger charge is 2.03. The lowest BCUT2D eigenvalue weighted by atomic mass is 10.1. The second kappa shape index (κ2) is 5.67. The standard InChI is InChI=1S/C15H20NO/c1-3-5-9-16-10-8-13-11-15(17-4-2)7-6-14(13)12-16/h6-8,10-12H,3-5,9H2,1-2H3/q+1. The third kappa shape index (κ3) is 2.96. The van der Waals surface area contributed by atoms with E-state index >= 15 is 0 Å². The molecule has 0 aliphatic heterocycles. The molecule has 0 amide bonds. The van der Waals surface area contributed by atoms with Crippen molar-refractivity contribution in [3.8, 4) is 5.75 Å². The molecule has 0 N–H and O–H groups in total. The molecule has 0 aliphatic carbocycles. The lowest BCUT2D eigenvalue weighted by molar-refractivity contribution is -0.696. The first-order valence-electron chi connectivity index (χ1n) is 6.39. The van der Waals surface area contributed by atoms with Crippen LogP contribution in [0.2, 0.25) is 0 Å². The van der Waals surface area contributed by atoms with Crippen LogP contribution in [0, 0.1) is 0 Å². The Balaban J connectivity index is 2.26. The van der Waals surface area contributed by atoms with Gasteiger partial charge in [-0.25, -0.2) is 4.57 Å². The van der Waals surface area contributed by atoms with Crippen molar-refractivity contribution in [2.45, 2.75) is 33.2 Å². The minimum Gasteiger partial charge on any atom is -0.494 e.